The zero-order valence-electron chi connectivity index (χ0n) is 25.4. The minimum absolute atomic E-state index is 0.425. The maximum atomic E-state index is 3.60. The van der Waals surface area contributed by atoms with Gasteiger partial charge in [0.05, 0.1) is 7.17 Å². The van der Waals surface area contributed by atoms with Gasteiger partial charge in [0.25, 0.3) is 0 Å². The second-order valence-corrected chi connectivity index (χ2v) is 13.9. The highest BCUT2D eigenvalue weighted by Crippen LogP contribution is 2.48. The van der Waals surface area contributed by atoms with Crippen LogP contribution in [0.4, 0.5) is 0 Å². The third-order valence-electron chi connectivity index (χ3n) is 9.92. The van der Waals surface area contributed by atoms with E-state index in [0.717, 1.165) is 6.54 Å². The number of unbranched alkanes of at least 4 members (excludes halogenated alkanes) is 4. The summed E-state index contributed by atoms with van der Waals surface area (Å²) < 4.78 is 0. The standard InChI is InChI=1S/C32H63B3N/c1-5-30(2,33-31(3)25-19-12-8-6-7-9-13-20-26-31)24-18-16-11-17-23-29-36-35-34-32(4)27-21-14-10-15-22-28-32/h36H,5-29H2,1-4H3. The maximum Gasteiger partial charge on any atom is 0.156 e. The van der Waals surface area contributed by atoms with Crippen molar-refractivity contribution in [2.24, 2.45) is 0 Å². The van der Waals surface area contributed by atoms with E-state index in [1.807, 2.05) is 0 Å². The van der Waals surface area contributed by atoms with Crippen LogP contribution < -0.4 is 5.23 Å². The maximum absolute atomic E-state index is 3.60. The van der Waals surface area contributed by atoms with Gasteiger partial charge in [-0.1, -0.05) is 191 Å². The first-order chi connectivity index (χ1) is 17.4. The summed E-state index contributed by atoms with van der Waals surface area (Å²) in [6, 6.07) is 0. The minimum atomic E-state index is 0.425. The molecule has 36 heavy (non-hydrogen) atoms. The van der Waals surface area contributed by atoms with Crippen LogP contribution in [0.15, 0.2) is 0 Å². The van der Waals surface area contributed by atoms with E-state index in [1.54, 1.807) is 0 Å². The molecule has 2 aliphatic rings. The molecule has 4 heteroatoms. The molecule has 0 aromatic heterocycles. The molecule has 1 N–H and O–H groups in total. The van der Waals surface area contributed by atoms with Gasteiger partial charge in [-0.25, -0.2) is 0 Å². The molecule has 0 saturated heterocycles. The highest BCUT2D eigenvalue weighted by atomic mass is 14.7. The molecule has 2 aliphatic carbocycles. The Bertz CT molecular complexity index is 519. The zero-order chi connectivity index (χ0) is 26.0. The molecular weight excluding hydrogens is 431 g/mol. The first-order valence-electron chi connectivity index (χ1n) is 16.7. The molecule has 0 aliphatic heterocycles. The van der Waals surface area contributed by atoms with Gasteiger partial charge in [0.2, 0.25) is 0 Å². The van der Waals surface area contributed by atoms with E-state index in [0.29, 0.717) is 15.9 Å². The summed E-state index contributed by atoms with van der Waals surface area (Å²) in [6.07, 6.45) is 34.0. The number of rotatable bonds is 14. The number of hydrogen-bond donors (Lipinski definition) is 1. The van der Waals surface area contributed by atoms with E-state index < -0.39 is 0 Å². The molecule has 1 atom stereocenters. The number of nitrogens with one attached hydrogen (secondary N) is 1. The van der Waals surface area contributed by atoms with Gasteiger partial charge in [0, 0.05) is 0 Å². The molecule has 0 bridgehead atoms. The van der Waals surface area contributed by atoms with Crippen LogP contribution in [-0.2, 0) is 0 Å². The zero-order valence-corrected chi connectivity index (χ0v) is 25.4. The summed E-state index contributed by atoms with van der Waals surface area (Å²) >= 11 is 0. The lowest BCUT2D eigenvalue weighted by atomic mass is 9.32. The highest BCUT2D eigenvalue weighted by molar-refractivity contribution is 7.00. The van der Waals surface area contributed by atoms with E-state index in [9.17, 15) is 0 Å². The fraction of sp³-hybridized carbons (Fsp3) is 1.00. The van der Waals surface area contributed by atoms with Crippen LogP contribution in [-0.4, -0.2) is 28.3 Å². The van der Waals surface area contributed by atoms with Crippen molar-refractivity contribution in [2.45, 2.75) is 198 Å². The van der Waals surface area contributed by atoms with Gasteiger partial charge in [-0.05, 0) is 13.0 Å². The van der Waals surface area contributed by atoms with Crippen LogP contribution in [0.25, 0.3) is 0 Å². The highest BCUT2D eigenvalue weighted by Gasteiger charge is 2.34. The van der Waals surface area contributed by atoms with E-state index >= 15 is 0 Å². The Hall–Kier alpha value is 0.155. The van der Waals surface area contributed by atoms with Crippen molar-refractivity contribution in [2.75, 3.05) is 6.54 Å². The molecule has 2 rings (SSSR count). The fourth-order valence-electron chi connectivity index (χ4n) is 7.09. The Balaban J connectivity index is 1.56. The van der Waals surface area contributed by atoms with Gasteiger partial charge < -0.3 is 5.23 Å². The summed E-state index contributed by atoms with van der Waals surface area (Å²) in [5.41, 5.74) is 0. The Labute approximate surface area is 231 Å². The molecule has 205 valence electrons. The average molecular weight is 494 g/mol. The van der Waals surface area contributed by atoms with Crippen molar-refractivity contribution in [1.82, 2.24) is 5.23 Å². The minimum Gasteiger partial charge on any atom is -0.368 e. The topological polar surface area (TPSA) is 12.0 Å². The lowest BCUT2D eigenvalue weighted by molar-refractivity contribution is 0.419. The van der Waals surface area contributed by atoms with Gasteiger partial charge in [0.1, 0.15) is 7.28 Å². The summed E-state index contributed by atoms with van der Waals surface area (Å²) in [4.78, 5) is 0. The summed E-state index contributed by atoms with van der Waals surface area (Å²) in [7, 11) is 7.62. The normalized spacial score (nSPS) is 23.3. The molecule has 0 amide bonds. The Morgan fingerprint density at radius 1 is 0.611 bits per heavy atom. The predicted octanol–water partition coefficient (Wildman–Crippen LogP) is 10.5. The quantitative estimate of drug-likeness (QED) is 0.187. The van der Waals surface area contributed by atoms with Crippen LogP contribution in [0.3, 0.4) is 0 Å². The van der Waals surface area contributed by atoms with Crippen LogP contribution >= 0.6 is 0 Å². The van der Waals surface area contributed by atoms with E-state index in [1.165, 1.54) is 154 Å². The lowest BCUT2D eigenvalue weighted by Crippen LogP contribution is -2.33. The molecular formula is C32H63B3N. The first kappa shape index (κ1) is 32.4. The Kier molecular flexibility index (Phi) is 16.6. The van der Waals surface area contributed by atoms with E-state index in [-0.39, 0.29) is 0 Å². The van der Waals surface area contributed by atoms with E-state index in [2.05, 4.69) is 54.7 Å². The van der Waals surface area contributed by atoms with Crippen LogP contribution in [0.1, 0.15) is 182 Å². The number of hydrogen-bond acceptors (Lipinski definition) is 1. The van der Waals surface area contributed by atoms with E-state index in [4.69, 9.17) is 0 Å². The lowest BCUT2D eigenvalue weighted by Gasteiger charge is -2.39. The van der Waals surface area contributed by atoms with Crippen molar-refractivity contribution < 1.29 is 0 Å². The molecule has 1 unspecified atom stereocenters. The molecule has 2 fully saturated rings. The van der Waals surface area contributed by atoms with Gasteiger partial charge in [-0.2, -0.15) is 0 Å². The molecule has 0 heterocycles. The van der Waals surface area contributed by atoms with Crippen molar-refractivity contribution in [3.05, 3.63) is 0 Å². The van der Waals surface area contributed by atoms with Gasteiger partial charge >= 0.3 is 0 Å². The second kappa shape index (κ2) is 18.4. The monoisotopic (exact) mass is 495 g/mol. The van der Waals surface area contributed by atoms with Crippen LogP contribution in [0.2, 0.25) is 15.9 Å². The van der Waals surface area contributed by atoms with Crippen LogP contribution in [0.5, 0.6) is 0 Å². The van der Waals surface area contributed by atoms with Gasteiger partial charge in [-0.15, -0.1) is 0 Å². The van der Waals surface area contributed by atoms with Crippen molar-refractivity contribution in [1.29, 1.82) is 0 Å². The molecule has 0 aromatic carbocycles. The largest absolute Gasteiger partial charge is 0.368 e. The SMILES string of the molecule is CCC(C)([B]C1(C)CCCCCCCCCC1)CCCCCCCN[B][B]C1(C)CCCCCCC1. The molecule has 0 aromatic rings. The Morgan fingerprint density at radius 3 is 1.58 bits per heavy atom. The van der Waals surface area contributed by atoms with Crippen molar-refractivity contribution >= 4 is 21.8 Å². The Morgan fingerprint density at radius 2 is 1.06 bits per heavy atom. The van der Waals surface area contributed by atoms with Gasteiger partial charge in [-0.3, -0.25) is 0 Å². The summed E-state index contributed by atoms with van der Waals surface area (Å²) in [5.74, 6) is 0. The molecule has 1 nitrogen and oxygen atoms in total. The smallest absolute Gasteiger partial charge is 0.156 e. The second-order valence-electron chi connectivity index (χ2n) is 13.9. The average Bonchev–Trinajstić information content (AvgIpc) is 2.88. The third kappa shape index (κ3) is 14.3. The summed E-state index contributed by atoms with van der Waals surface area (Å²) in [5, 5.41) is 4.92. The molecule has 3 radical (unpaired) electrons. The first-order valence-corrected chi connectivity index (χ1v) is 16.7. The summed E-state index contributed by atoms with van der Waals surface area (Å²) in [6.45, 7) is 11.2. The molecule has 2 saturated carbocycles. The fourth-order valence-corrected chi connectivity index (χ4v) is 7.09. The molecule has 0 spiro atoms. The van der Waals surface area contributed by atoms with Crippen LogP contribution in [0, 0.1) is 0 Å². The predicted molar refractivity (Wildman–Crippen MR) is 167 cm³/mol. The third-order valence-corrected chi connectivity index (χ3v) is 9.92. The van der Waals surface area contributed by atoms with Crippen molar-refractivity contribution in [3.63, 3.8) is 0 Å². The van der Waals surface area contributed by atoms with Crippen molar-refractivity contribution in [3.8, 4) is 0 Å². The van der Waals surface area contributed by atoms with Gasteiger partial charge in [0.15, 0.2) is 7.31 Å².